The fourth-order valence-electron chi connectivity index (χ4n) is 1.22. The summed E-state index contributed by atoms with van der Waals surface area (Å²) in [7, 11) is 1.06. The number of methoxy groups -OCH3 is 1. The molecular weight excluding hydrogens is 264 g/mol. The van der Waals surface area contributed by atoms with Gasteiger partial charge in [-0.1, -0.05) is 17.7 Å². The van der Waals surface area contributed by atoms with E-state index in [1.165, 1.54) is 0 Å². The molecule has 0 aromatic heterocycles. The van der Waals surface area contributed by atoms with Crippen LogP contribution >= 0.6 is 11.6 Å². The minimum Gasteiger partial charge on any atom is -0.469 e. The topological polar surface area (TPSA) is 26.3 Å². The Labute approximate surface area is 99.1 Å². The Hall–Kier alpha value is -1.30. The molecule has 1 aromatic carbocycles. The van der Waals surface area contributed by atoms with Crippen LogP contribution in [0.3, 0.4) is 0 Å². The smallest absolute Gasteiger partial charge is 0.420 e. The van der Waals surface area contributed by atoms with Gasteiger partial charge < -0.3 is 4.74 Å². The number of ether oxygens (including phenoxy) is 1. The summed E-state index contributed by atoms with van der Waals surface area (Å²) < 4.78 is 55.2. The van der Waals surface area contributed by atoms with E-state index < -0.39 is 40.5 Å². The van der Waals surface area contributed by atoms with Gasteiger partial charge in [0.05, 0.1) is 18.6 Å². The van der Waals surface area contributed by atoms with Crippen LogP contribution in [0.2, 0.25) is 5.02 Å². The summed E-state index contributed by atoms with van der Waals surface area (Å²) in [6.45, 7) is 0. The van der Waals surface area contributed by atoms with Crippen molar-refractivity contribution in [2.24, 2.45) is 0 Å². The maximum absolute atomic E-state index is 13.5. The first-order valence-electron chi connectivity index (χ1n) is 4.38. The van der Waals surface area contributed by atoms with Crippen LogP contribution in [0.1, 0.15) is 11.1 Å². The Balaban J connectivity index is 3.24. The van der Waals surface area contributed by atoms with E-state index in [4.69, 9.17) is 11.6 Å². The summed E-state index contributed by atoms with van der Waals surface area (Å²) in [5.74, 6) is -2.38. The number of esters is 1. The average molecular weight is 271 g/mol. The van der Waals surface area contributed by atoms with Crippen LogP contribution in [0.15, 0.2) is 12.1 Å². The molecular formula is C10H7ClF4O2. The number of alkyl halides is 3. The van der Waals surface area contributed by atoms with Gasteiger partial charge in [0, 0.05) is 0 Å². The number of carbonyl (C=O) groups is 1. The second kappa shape index (κ2) is 4.91. The van der Waals surface area contributed by atoms with Crippen LogP contribution in [-0.2, 0) is 22.1 Å². The molecule has 2 nitrogen and oxygen atoms in total. The molecule has 0 atom stereocenters. The highest BCUT2D eigenvalue weighted by atomic mass is 35.5. The molecule has 0 aliphatic heterocycles. The van der Waals surface area contributed by atoms with Crippen LogP contribution in [0.25, 0.3) is 0 Å². The van der Waals surface area contributed by atoms with Crippen molar-refractivity contribution in [3.05, 3.63) is 34.1 Å². The molecule has 0 saturated carbocycles. The zero-order valence-corrected chi connectivity index (χ0v) is 9.32. The Morgan fingerprint density at radius 2 is 2.00 bits per heavy atom. The minimum absolute atomic E-state index is 0.409. The largest absolute Gasteiger partial charge is 0.469 e. The summed E-state index contributed by atoms with van der Waals surface area (Å²) in [5, 5.41) is -0.747. The molecule has 17 heavy (non-hydrogen) atoms. The summed E-state index contributed by atoms with van der Waals surface area (Å²) in [5.41, 5.74) is -1.98. The van der Waals surface area contributed by atoms with Gasteiger partial charge in [-0.05, 0) is 11.6 Å². The Kier molecular flexibility index (Phi) is 3.98. The summed E-state index contributed by atoms with van der Waals surface area (Å²) in [4.78, 5) is 10.9. The summed E-state index contributed by atoms with van der Waals surface area (Å²) >= 11 is 5.28. The molecule has 0 N–H and O–H groups in total. The van der Waals surface area contributed by atoms with Gasteiger partial charge in [0.15, 0.2) is 0 Å². The summed E-state index contributed by atoms with van der Waals surface area (Å²) in [6, 6.07) is 1.91. The van der Waals surface area contributed by atoms with E-state index in [0.29, 0.717) is 0 Å². The van der Waals surface area contributed by atoms with Crippen LogP contribution in [0.4, 0.5) is 17.6 Å². The van der Waals surface area contributed by atoms with E-state index in [0.717, 1.165) is 19.2 Å². The lowest BCUT2D eigenvalue weighted by molar-refractivity contribution is -0.142. The van der Waals surface area contributed by atoms with Crippen molar-refractivity contribution in [3.63, 3.8) is 0 Å². The highest BCUT2D eigenvalue weighted by Crippen LogP contribution is 2.37. The number of hydrogen-bond donors (Lipinski definition) is 0. The van der Waals surface area contributed by atoms with Gasteiger partial charge in [0.1, 0.15) is 11.4 Å². The molecule has 0 bridgehead atoms. The quantitative estimate of drug-likeness (QED) is 0.609. The van der Waals surface area contributed by atoms with E-state index in [9.17, 15) is 22.4 Å². The first-order valence-corrected chi connectivity index (χ1v) is 4.76. The van der Waals surface area contributed by atoms with Gasteiger partial charge in [-0.25, -0.2) is 4.39 Å². The van der Waals surface area contributed by atoms with E-state index in [-0.39, 0.29) is 0 Å². The average Bonchev–Trinajstić information content (AvgIpc) is 2.20. The van der Waals surface area contributed by atoms with Crippen LogP contribution in [0.5, 0.6) is 0 Å². The SMILES string of the molecule is COC(=O)Cc1ccc(Cl)c(C(F)(F)F)c1F. The third-order valence-electron chi connectivity index (χ3n) is 2.02. The molecule has 0 saturated heterocycles. The second-order valence-corrected chi connectivity index (χ2v) is 3.55. The van der Waals surface area contributed by atoms with E-state index in [1.54, 1.807) is 0 Å². The molecule has 0 unspecified atom stereocenters. The highest BCUT2D eigenvalue weighted by Gasteiger charge is 2.37. The monoisotopic (exact) mass is 270 g/mol. The molecule has 0 amide bonds. The van der Waals surface area contributed by atoms with Gasteiger partial charge in [0.2, 0.25) is 0 Å². The molecule has 0 radical (unpaired) electrons. The zero-order valence-electron chi connectivity index (χ0n) is 8.57. The van der Waals surface area contributed by atoms with E-state index in [1.807, 2.05) is 0 Å². The van der Waals surface area contributed by atoms with Gasteiger partial charge in [0.25, 0.3) is 0 Å². The Bertz CT molecular complexity index is 443. The van der Waals surface area contributed by atoms with Crippen LogP contribution in [-0.4, -0.2) is 13.1 Å². The van der Waals surface area contributed by atoms with Crippen LogP contribution in [0, 0.1) is 5.82 Å². The molecule has 1 aromatic rings. The predicted molar refractivity (Wildman–Crippen MR) is 52.1 cm³/mol. The van der Waals surface area contributed by atoms with E-state index >= 15 is 0 Å². The number of carbonyl (C=O) groups excluding carboxylic acids is 1. The molecule has 1 rings (SSSR count). The number of hydrogen-bond acceptors (Lipinski definition) is 2. The van der Waals surface area contributed by atoms with E-state index in [2.05, 4.69) is 4.74 Å². The van der Waals surface area contributed by atoms with Gasteiger partial charge >= 0.3 is 12.1 Å². The minimum atomic E-state index is -4.91. The maximum Gasteiger partial charge on any atom is 0.420 e. The third-order valence-corrected chi connectivity index (χ3v) is 2.33. The normalized spacial score (nSPS) is 11.4. The van der Waals surface area contributed by atoms with Crippen molar-refractivity contribution < 1.29 is 27.1 Å². The molecule has 7 heteroatoms. The van der Waals surface area contributed by atoms with Gasteiger partial charge in [-0.2, -0.15) is 13.2 Å². The van der Waals surface area contributed by atoms with Crippen molar-refractivity contribution in [1.82, 2.24) is 0 Å². The highest BCUT2D eigenvalue weighted by molar-refractivity contribution is 6.31. The lowest BCUT2D eigenvalue weighted by atomic mass is 10.1. The van der Waals surface area contributed by atoms with Crippen molar-refractivity contribution in [2.75, 3.05) is 7.11 Å². The molecule has 0 aliphatic carbocycles. The van der Waals surface area contributed by atoms with Crippen molar-refractivity contribution in [1.29, 1.82) is 0 Å². The number of halogens is 5. The molecule has 0 aliphatic rings. The second-order valence-electron chi connectivity index (χ2n) is 3.15. The lowest BCUT2D eigenvalue weighted by Crippen LogP contribution is -2.13. The number of rotatable bonds is 2. The van der Waals surface area contributed by atoms with Gasteiger partial charge in [-0.15, -0.1) is 0 Å². The first kappa shape index (κ1) is 13.8. The van der Waals surface area contributed by atoms with Gasteiger partial charge in [-0.3, -0.25) is 4.79 Å². The lowest BCUT2D eigenvalue weighted by Gasteiger charge is -2.12. The van der Waals surface area contributed by atoms with Crippen LogP contribution < -0.4 is 0 Å². The van der Waals surface area contributed by atoms with Crippen molar-refractivity contribution in [2.45, 2.75) is 12.6 Å². The molecule has 94 valence electrons. The fraction of sp³-hybridized carbons (Fsp3) is 0.300. The fourth-order valence-corrected chi connectivity index (χ4v) is 1.47. The maximum atomic E-state index is 13.5. The summed E-state index contributed by atoms with van der Waals surface area (Å²) in [6.07, 6.45) is -5.49. The predicted octanol–water partition coefficient (Wildman–Crippen LogP) is 3.21. The standard InChI is InChI=1S/C10H7ClF4O2/c1-17-7(16)4-5-2-3-6(11)8(9(5)12)10(13,14)15/h2-3H,4H2,1H3. The number of benzene rings is 1. The first-order chi connectivity index (χ1) is 7.77. The third kappa shape index (κ3) is 3.09. The Morgan fingerprint density at radius 1 is 1.41 bits per heavy atom. The van der Waals surface area contributed by atoms with Crippen molar-refractivity contribution >= 4 is 17.6 Å². The zero-order chi connectivity index (χ0) is 13.2. The molecule has 0 spiro atoms. The molecule has 0 fully saturated rings. The molecule has 0 heterocycles. The Morgan fingerprint density at radius 3 is 2.47 bits per heavy atom. The van der Waals surface area contributed by atoms with Crippen molar-refractivity contribution in [3.8, 4) is 0 Å².